The summed E-state index contributed by atoms with van der Waals surface area (Å²) in [5, 5.41) is 24.0. The Morgan fingerprint density at radius 1 is 1.44 bits per heavy atom. The van der Waals surface area contributed by atoms with E-state index >= 15 is 0 Å². The van der Waals surface area contributed by atoms with Gasteiger partial charge in [-0.05, 0) is 53.8 Å². The molecule has 0 aliphatic carbocycles. The number of aliphatic hydroxyl groups is 2. The van der Waals surface area contributed by atoms with Gasteiger partial charge in [-0.15, -0.1) is 11.3 Å². The first kappa shape index (κ1) is 19.5. The zero-order valence-corrected chi connectivity index (χ0v) is 15.3. The number of aryl methyl sites for hydroxylation is 1. The highest BCUT2D eigenvalue weighted by Crippen LogP contribution is 2.21. The summed E-state index contributed by atoms with van der Waals surface area (Å²) in [5.41, 5.74) is 1.71. The van der Waals surface area contributed by atoms with Crippen LogP contribution in [-0.4, -0.2) is 35.4 Å². The van der Waals surface area contributed by atoms with E-state index in [0.29, 0.717) is 10.8 Å². The van der Waals surface area contributed by atoms with E-state index in [1.165, 1.54) is 17.4 Å². The van der Waals surface area contributed by atoms with Crippen molar-refractivity contribution in [1.82, 2.24) is 5.32 Å². The van der Waals surface area contributed by atoms with Gasteiger partial charge in [0.05, 0.1) is 6.61 Å². The number of hydrogen-bond donors (Lipinski definition) is 3. The van der Waals surface area contributed by atoms with E-state index in [1.54, 1.807) is 24.3 Å². The SMILES string of the molecule is Cc1cc(OCC(O)CNC(=O)/C=C/c2cc(CO)cs2)ccc1Cl. The number of thiophene rings is 1. The Balaban J connectivity index is 1.72. The molecule has 7 heteroatoms. The van der Waals surface area contributed by atoms with Crippen LogP contribution in [-0.2, 0) is 11.4 Å². The van der Waals surface area contributed by atoms with Gasteiger partial charge in [-0.25, -0.2) is 0 Å². The molecular weight excluding hydrogens is 362 g/mol. The van der Waals surface area contributed by atoms with Crippen molar-refractivity contribution in [2.75, 3.05) is 13.2 Å². The van der Waals surface area contributed by atoms with Gasteiger partial charge in [-0.2, -0.15) is 0 Å². The lowest BCUT2D eigenvalue weighted by Gasteiger charge is -2.13. The minimum atomic E-state index is -0.823. The van der Waals surface area contributed by atoms with E-state index < -0.39 is 6.10 Å². The van der Waals surface area contributed by atoms with Crippen molar-refractivity contribution in [3.05, 3.63) is 56.7 Å². The number of carbonyl (C=O) groups is 1. The molecule has 25 heavy (non-hydrogen) atoms. The van der Waals surface area contributed by atoms with Crippen LogP contribution in [0, 0.1) is 6.92 Å². The fraction of sp³-hybridized carbons (Fsp3) is 0.278. The number of ether oxygens (including phenoxy) is 1. The third-order valence-corrected chi connectivity index (χ3v) is 4.71. The first-order valence-corrected chi connectivity index (χ1v) is 8.95. The molecule has 0 saturated carbocycles. The molecule has 0 radical (unpaired) electrons. The van der Waals surface area contributed by atoms with Crippen LogP contribution in [0.25, 0.3) is 6.08 Å². The van der Waals surface area contributed by atoms with Crippen LogP contribution in [0.3, 0.4) is 0 Å². The minimum Gasteiger partial charge on any atom is -0.491 e. The van der Waals surface area contributed by atoms with Crippen LogP contribution in [0.4, 0.5) is 0 Å². The van der Waals surface area contributed by atoms with E-state index in [4.69, 9.17) is 21.4 Å². The first-order chi connectivity index (χ1) is 12.0. The van der Waals surface area contributed by atoms with Crippen molar-refractivity contribution in [3.63, 3.8) is 0 Å². The van der Waals surface area contributed by atoms with Crippen LogP contribution in [0.5, 0.6) is 5.75 Å². The fourth-order valence-electron chi connectivity index (χ4n) is 1.96. The minimum absolute atomic E-state index is 0.0180. The monoisotopic (exact) mass is 381 g/mol. The summed E-state index contributed by atoms with van der Waals surface area (Å²) in [4.78, 5) is 12.6. The summed E-state index contributed by atoms with van der Waals surface area (Å²) < 4.78 is 5.48. The summed E-state index contributed by atoms with van der Waals surface area (Å²) in [5.74, 6) is 0.310. The molecule has 0 aliphatic rings. The summed E-state index contributed by atoms with van der Waals surface area (Å²) >= 11 is 7.38. The molecule has 0 bridgehead atoms. The number of aliphatic hydroxyl groups excluding tert-OH is 2. The van der Waals surface area contributed by atoms with Gasteiger partial charge in [-0.1, -0.05) is 11.6 Å². The van der Waals surface area contributed by atoms with Crippen LogP contribution < -0.4 is 10.1 Å². The Hall–Kier alpha value is -1.86. The van der Waals surface area contributed by atoms with E-state index in [-0.39, 0.29) is 25.7 Å². The highest BCUT2D eigenvalue weighted by molar-refractivity contribution is 7.11. The van der Waals surface area contributed by atoms with Crippen molar-refractivity contribution in [3.8, 4) is 5.75 Å². The average Bonchev–Trinajstić information content (AvgIpc) is 3.07. The van der Waals surface area contributed by atoms with E-state index in [2.05, 4.69) is 5.32 Å². The summed E-state index contributed by atoms with van der Waals surface area (Å²) in [7, 11) is 0. The molecule has 0 saturated heterocycles. The van der Waals surface area contributed by atoms with E-state index in [9.17, 15) is 9.90 Å². The molecule has 1 unspecified atom stereocenters. The molecule has 1 amide bonds. The molecular formula is C18H20ClNO4S. The largest absolute Gasteiger partial charge is 0.491 e. The van der Waals surface area contributed by atoms with Gasteiger partial charge in [0.25, 0.3) is 0 Å². The fourth-order valence-corrected chi connectivity index (χ4v) is 2.87. The third-order valence-electron chi connectivity index (χ3n) is 3.34. The van der Waals surface area contributed by atoms with Crippen molar-refractivity contribution >= 4 is 34.9 Å². The molecule has 0 aliphatic heterocycles. The smallest absolute Gasteiger partial charge is 0.244 e. The average molecular weight is 382 g/mol. The summed E-state index contributed by atoms with van der Waals surface area (Å²) in [6.45, 7) is 2.00. The molecule has 1 atom stereocenters. The molecule has 5 nitrogen and oxygen atoms in total. The Bertz CT molecular complexity index is 744. The summed E-state index contributed by atoms with van der Waals surface area (Å²) in [6, 6.07) is 7.06. The van der Waals surface area contributed by atoms with Crippen LogP contribution in [0.15, 0.2) is 35.7 Å². The maximum absolute atomic E-state index is 11.7. The molecule has 2 rings (SSSR count). The van der Waals surface area contributed by atoms with E-state index in [1.807, 2.05) is 18.4 Å². The predicted octanol–water partition coefficient (Wildman–Crippen LogP) is 2.77. The Kier molecular flexibility index (Phi) is 7.46. The molecule has 1 heterocycles. The van der Waals surface area contributed by atoms with Crippen LogP contribution in [0.1, 0.15) is 16.0 Å². The third kappa shape index (κ3) is 6.51. The number of nitrogens with one attached hydrogen (secondary N) is 1. The Morgan fingerprint density at radius 3 is 2.92 bits per heavy atom. The molecule has 0 fully saturated rings. The lowest BCUT2D eigenvalue weighted by molar-refractivity contribution is -0.117. The van der Waals surface area contributed by atoms with Crippen LogP contribution >= 0.6 is 22.9 Å². The Morgan fingerprint density at radius 2 is 2.24 bits per heavy atom. The van der Waals surface area contributed by atoms with Crippen molar-refractivity contribution < 1.29 is 19.7 Å². The van der Waals surface area contributed by atoms with Gasteiger partial charge < -0.3 is 20.3 Å². The molecule has 0 spiro atoms. The second kappa shape index (κ2) is 9.58. The first-order valence-electron chi connectivity index (χ1n) is 7.69. The highest BCUT2D eigenvalue weighted by Gasteiger charge is 2.07. The van der Waals surface area contributed by atoms with Gasteiger partial charge in [0, 0.05) is 22.5 Å². The molecule has 1 aromatic carbocycles. The quantitative estimate of drug-likeness (QED) is 0.614. The molecule has 3 N–H and O–H groups in total. The van der Waals surface area contributed by atoms with Gasteiger partial charge in [0.1, 0.15) is 18.5 Å². The van der Waals surface area contributed by atoms with Gasteiger partial charge >= 0.3 is 0 Å². The van der Waals surface area contributed by atoms with Crippen molar-refractivity contribution in [1.29, 1.82) is 0 Å². The Labute approximate surface area is 155 Å². The second-order valence-corrected chi connectivity index (χ2v) is 6.82. The number of halogens is 1. The van der Waals surface area contributed by atoms with Crippen LogP contribution in [0.2, 0.25) is 5.02 Å². The highest BCUT2D eigenvalue weighted by atomic mass is 35.5. The lowest BCUT2D eigenvalue weighted by Crippen LogP contribution is -2.34. The normalized spacial score (nSPS) is 12.3. The van der Waals surface area contributed by atoms with Crippen molar-refractivity contribution in [2.24, 2.45) is 0 Å². The number of carbonyl (C=O) groups excluding carboxylic acids is 1. The zero-order valence-electron chi connectivity index (χ0n) is 13.7. The summed E-state index contributed by atoms with van der Waals surface area (Å²) in [6.07, 6.45) is 2.23. The molecule has 2 aromatic rings. The molecule has 1 aromatic heterocycles. The molecule has 134 valence electrons. The maximum Gasteiger partial charge on any atom is 0.244 e. The standard InChI is InChI=1S/C18H20ClNO4S/c1-12-6-15(2-4-17(12)19)24-10-14(22)8-20-18(23)5-3-16-7-13(9-21)11-25-16/h2-7,11,14,21-22H,8-10H2,1H3,(H,20,23)/b5-3+. The van der Waals surface area contributed by atoms with E-state index in [0.717, 1.165) is 16.0 Å². The number of benzene rings is 1. The lowest BCUT2D eigenvalue weighted by atomic mass is 10.2. The van der Waals surface area contributed by atoms with Gasteiger partial charge in [0.2, 0.25) is 5.91 Å². The number of hydrogen-bond acceptors (Lipinski definition) is 5. The van der Waals surface area contributed by atoms with Gasteiger partial charge in [-0.3, -0.25) is 4.79 Å². The second-order valence-electron chi connectivity index (χ2n) is 5.47. The van der Waals surface area contributed by atoms with Gasteiger partial charge in [0.15, 0.2) is 0 Å². The number of rotatable bonds is 8. The zero-order chi connectivity index (χ0) is 18.2. The predicted molar refractivity (Wildman–Crippen MR) is 100.0 cm³/mol. The number of amides is 1. The van der Waals surface area contributed by atoms with Crippen molar-refractivity contribution in [2.45, 2.75) is 19.6 Å². The maximum atomic E-state index is 11.7. The topological polar surface area (TPSA) is 78.8 Å².